The number of ketones is 1. The molecule has 1 amide bonds. The van der Waals surface area contributed by atoms with E-state index in [4.69, 9.17) is 14.5 Å². The minimum atomic E-state index is -0.110. The Hall–Kier alpha value is -1.95. The van der Waals surface area contributed by atoms with Gasteiger partial charge in [-0.05, 0) is 56.8 Å². The molecule has 3 aliphatic rings. The van der Waals surface area contributed by atoms with Crippen LogP contribution in [-0.4, -0.2) is 43.0 Å². The zero-order valence-electron chi connectivity index (χ0n) is 23.5. The van der Waals surface area contributed by atoms with Crippen molar-refractivity contribution in [2.24, 2.45) is 23.7 Å². The summed E-state index contributed by atoms with van der Waals surface area (Å²) in [4.78, 5) is 34.1. The summed E-state index contributed by atoms with van der Waals surface area (Å²) in [6.07, 6.45) is 14.2. The number of hydrogen-bond donors (Lipinski definition) is 0. The first-order valence-electron chi connectivity index (χ1n) is 14.9. The van der Waals surface area contributed by atoms with Crippen LogP contribution >= 0.6 is 0 Å². The largest absolute Gasteiger partial charge is 0.496 e. The smallest absolute Gasteiger partial charge is 0.231 e. The van der Waals surface area contributed by atoms with Crippen LogP contribution in [0.1, 0.15) is 109 Å². The zero-order chi connectivity index (χ0) is 26.4. The van der Waals surface area contributed by atoms with E-state index in [1.54, 1.807) is 7.11 Å². The molecule has 0 radical (unpaired) electrons. The van der Waals surface area contributed by atoms with Gasteiger partial charge in [-0.25, -0.2) is 4.98 Å². The molecule has 1 aromatic heterocycles. The number of carbonyl (C=O) groups excluding carboxylic acids is 2. The number of pyridine rings is 1. The van der Waals surface area contributed by atoms with Crippen molar-refractivity contribution in [1.82, 2.24) is 4.98 Å². The van der Waals surface area contributed by atoms with Gasteiger partial charge in [0, 0.05) is 48.7 Å². The van der Waals surface area contributed by atoms with E-state index >= 15 is 0 Å². The van der Waals surface area contributed by atoms with Crippen LogP contribution in [0, 0.1) is 23.7 Å². The number of nitrogens with zero attached hydrogens (tertiary/aromatic N) is 2. The number of ether oxygens (including phenoxy) is 2. The maximum atomic E-state index is 13.9. The zero-order valence-corrected chi connectivity index (χ0v) is 23.5. The molecule has 0 saturated heterocycles. The summed E-state index contributed by atoms with van der Waals surface area (Å²) in [5, 5.41) is 0. The Morgan fingerprint density at radius 3 is 2.41 bits per heavy atom. The lowest BCUT2D eigenvalue weighted by Gasteiger charge is -2.34. The number of aromatic nitrogens is 1. The third kappa shape index (κ3) is 7.13. The van der Waals surface area contributed by atoms with Gasteiger partial charge in [0.2, 0.25) is 5.91 Å². The van der Waals surface area contributed by atoms with Gasteiger partial charge in [0.1, 0.15) is 17.4 Å². The van der Waals surface area contributed by atoms with Crippen LogP contribution < -0.4 is 9.64 Å². The molecule has 3 aliphatic carbocycles. The fourth-order valence-corrected chi connectivity index (χ4v) is 6.56. The van der Waals surface area contributed by atoms with Crippen LogP contribution in [0.2, 0.25) is 0 Å². The molecule has 3 saturated carbocycles. The Balaban J connectivity index is 1.44. The minimum Gasteiger partial charge on any atom is -0.496 e. The second kappa shape index (κ2) is 13.2. The monoisotopic (exact) mass is 512 g/mol. The van der Waals surface area contributed by atoms with E-state index in [0.29, 0.717) is 55.4 Å². The molecule has 6 nitrogen and oxygen atoms in total. The lowest BCUT2D eigenvalue weighted by Crippen LogP contribution is -2.41. The van der Waals surface area contributed by atoms with Gasteiger partial charge < -0.3 is 9.47 Å². The lowest BCUT2D eigenvalue weighted by atomic mass is 9.73. The van der Waals surface area contributed by atoms with E-state index in [9.17, 15) is 9.59 Å². The highest BCUT2D eigenvalue weighted by Crippen LogP contribution is 2.40. The predicted octanol–water partition coefficient (Wildman–Crippen LogP) is 6.71. The number of methoxy groups -OCH3 is 1. The SMILES string of the molecule is CCOC[C@@H](CC(=O)[C@@H]1CCC[C@H](C(=O)N(c2cc(OC)c(C(C)C)cn2)C2CC2)C1)C1CCCCC1. The molecule has 0 aromatic carbocycles. The van der Waals surface area contributed by atoms with Crippen molar-refractivity contribution in [3.63, 3.8) is 0 Å². The highest BCUT2D eigenvalue weighted by atomic mass is 16.5. The van der Waals surface area contributed by atoms with Gasteiger partial charge in [0.25, 0.3) is 0 Å². The molecule has 206 valence electrons. The minimum absolute atomic E-state index is 0.0118. The summed E-state index contributed by atoms with van der Waals surface area (Å²) in [6.45, 7) is 7.66. The molecule has 0 aliphatic heterocycles. The highest BCUT2D eigenvalue weighted by molar-refractivity contribution is 5.96. The van der Waals surface area contributed by atoms with Crippen molar-refractivity contribution in [2.75, 3.05) is 25.2 Å². The van der Waals surface area contributed by atoms with Gasteiger partial charge in [-0.3, -0.25) is 14.5 Å². The summed E-state index contributed by atoms with van der Waals surface area (Å²) in [5.41, 5.74) is 1.05. The second-order valence-corrected chi connectivity index (χ2v) is 11.9. The normalized spacial score (nSPS) is 23.6. The van der Waals surface area contributed by atoms with E-state index in [2.05, 4.69) is 13.8 Å². The van der Waals surface area contributed by atoms with Crippen LogP contribution in [0.25, 0.3) is 0 Å². The Morgan fingerprint density at radius 1 is 1.03 bits per heavy atom. The standard InChI is InChI=1S/C31H48N2O4/c1-5-37-20-25(22-10-7-6-8-11-22)17-28(34)23-12-9-13-24(16-23)31(35)33(26-14-15-26)30-18-29(36-4)27(19-32-30)21(2)3/h18-19,21-26H,5-17,20H2,1-4H3/t23-,24+,25-/m1/s1. The lowest BCUT2D eigenvalue weighted by molar-refractivity contribution is -0.129. The first-order valence-corrected chi connectivity index (χ1v) is 14.9. The summed E-state index contributed by atoms with van der Waals surface area (Å²) < 4.78 is 11.5. The highest BCUT2D eigenvalue weighted by Gasteiger charge is 2.41. The molecule has 1 heterocycles. The average Bonchev–Trinajstić information content (AvgIpc) is 3.76. The Morgan fingerprint density at radius 2 is 1.76 bits per heavy atom. The molecular formula is C31H48N2O4. The van der Waals surface area contributed by atoms with Crippen LogP contribution in [0.4, 0.5) is 5.82 Å². The third-order valence-corrected chi connectivity index (χ3v) is 8.91. The first kappa shape index (κ1) is 28.1. The average molecular weight is 513 g/mol. The first-order chi connectivity index (χ1) is 17.9. The molecule has 3 fully saturated rings. The summed E-state index contributed by atoms with van der Waals surface area (Å²) in [6, 6.07) is 2.15. The Kier molecular flexibility index (Phi) is 10.0. The van der Waals surface area contributed by atoms with Gasteiger partial charge in [-0.1, -0.05) is 52.4 Å². The van der Waals surface area contributed by atoms with E-state index < -0.39 is 0 Å². The number of amides is 1. The fraction of sp³-hybridized carbons (Fsp3) is 0.774. The van der Waals surface area contributed by atoms with Crippen molar-refractivity contribution in [3.8, 4) is 5.75 Å². The van der Waals surface area contributed by atoms with E-state index in [1.165, 1.54) is 32.1 Å². The quantitative estimate of drug-likeness (QED) is 0.311. The molecule has 0 spiro atoms. The molecule has 0 bridgehead atoms. The van der Waals surface area contributed by atoms with Crippen molar-refractivity contribution < 1.29 is 19.1 Å². The van der Waals surface area contributed by atoms with Crippen LogP contribution in [-0.2, 0) is 14.3 Å². The van der Waals surface area contributed by atoms with E-state index in [0.717, 1.165) is 43.4 Å². The number of Topliss-reactive ketones (excluding diaryl/α,β-unsaturated/α-hetero) is 1. The maximum Gasteiger partial charge on any atom is 0.231 e. The Bertz CT molecular complexity index is 906. The summed E-state index contributed by atoms with van der Waals surface area (Å²) in [5.74, 6) is 3.08. The molecule has 3 atom stereocenters. The number of carbonyl (C=O) groups is 2. The van der Waals surface area contributed by atoms with Crippen molar-refractivity contribution in [3.05, 3.63) is 17.8 Å². The second-order valence-electron chi connectivity index (χ2n) is 11.9. The molecule has 0 unspecified atom stereocenters. The van der Waals surface area contributed by atoms with Gasteiger partial charge in [0.15, 0.2) is 0 Å². The van der Waals surface area contributed by atoms with Crippen molar-refractivity contribution in [1.29, 1.82) is 0 Å². The third-order valence-electron chi connectivity index (χ3n) is 8.91. The molecule has 37 heavy (non-hydrogen) atoms. The fourth-order valence-electron chi connectivity index (χ4n) is 6.56. The number of rotatable bonds is 12. The van der Waals surface area contributed by atoms with Gasteiger partial charge >= 0.3 is 0 Å². The molecule has 0 N–H and O–H groups in total. The van der Waals surface area contributed by atoms with E-state index in [1.807, 2.05) is 24.1 Å². The van der Waals surface area contributed by atoms with Crippen molar-refractivity contribution in [2.45, 2.75) is 110 Å². The van der Waals surface area contributed by atoms with Gasteiger partial charge in [-0.15, -0.1) is 0 Å². The predicted molar refractivity (Wildman–Crippen MR) is 147 cm³/mol. The van der Waals surface area contributed by atoms with Gasteiger partial charge in [-0.2, -0.15) is 0 Å². The molecule has 6 heteroatoms. The summed E-state index contributed by atoms with van der Waals surface area (Å²) in [7, 11) is 1.68. The van der Waals surface area contributed by atoms with Gasteiger partial charge in [0.05, 0.1) is 13.7 Å². The summed E-state index contributed by atoms with van der Waals surface area (Å²) >= 11 is 0. The molecular weight excluding hydrogens is 464 g/mol. The van der Waals surface area contributed by atoms with Crippen molar-refractivity contribution >= 4 is 17.5 Å². The van der Waals surface area contributed by atoms with E-state index in [-0.39, 0.29) is 23.8 Å². The van der Waals surface area contributed by atoms with Crippen LogP contribution in [0.3, 0.4) is 0 Å². The molecule has 1 aromatic rings. The van der Waals surface area contributed by atoms with Crippen LogP contribution in [0.5, 0.6) is 5.75 Å². The maximum absolute atomic E-state index is 13.9. The number of anilines is 1. The Labute approximate surface area is 223 Å². The number of hydrogen-bond acceptors (Lipinski definition) is 5. The molecule has 4 rings (SSSR count). The topological polar surface area (TPSA) is 68.7 Å². The van der Waals surface area contributed by atoms with Crippen LogP contribution in [0.15, 0.2) is 12.3 Å².